The van der Waals surface area contributed by atoms with Gasteiger partial charge in [0.25, 0.3) is 0 Å². The second-order valence-corrected chi connectivity index (χ2v) is 15.0. The van der Waals surface area contributed by atoms with Crippen LogP contribution in [0.25, 0.3) is 17.2 Å². The number of carbonyl (C=O) groups excluding carboxylic acids is 1. The fourth-order valence-electron chi connectivity index (χ4n) is 2.53. The van der Waals surface area contributed by atoms with Gasteiger partial charge >= 0.3 is 12.0 Å². The van der Waals surface area contributed by atoms with Crippen LogP contribution in [0.1, 0.15) is 18.9 Å². The molecule has 0 N–H and O–H groups in total. The fraction of sp³-hybridized carbons (Fsp3) is 0.250. The summed E-state index contributed by atoms with van der Waals surface area (Å²) in [6.45, 7) is 1.40. The highest BCUT2D eigenvalue weighted by Gasteiger charge is 2.40. The van der Waals surface area contributed by atoms with Gasteiger partial charge in [-0.3, -0.25) is 0 Å². The molecule has 0 aliphatic carbocycles. The Labute approximate surface area is 179 Å². The molecule has 150 valence electrons. The predicted molar refractivity (Wildman–Crippen MR) is 116 cm³/mol. The van der Waals surface area contributed by atoms with Crippen molar-refractivity contribution in [2.75, 3.05) is 7.11 Å². The monoisotopic (exact) mass is 460 g/mol. The Bertz CT molecular complexity index is 823. The quantitative estimate of drug-likeness (QED) is 0.202. The van der Waals surface area contributed by atoms with Gasteiger partial charge in [-0.05, 0) is 30.2 Å². The van der Waals surface area contributed by atoms with Crippen molar-refractivity contribution in [2.45, 2.75) is 25.2 Å². The van der Waals surface area contributed by atoms with Crippen molar-refractivity contribution in [2.24, 2.45) is 0 Å². The van der Waals surface area contributed by atoms with Crippen LogP contribution in [0.5, 0.6) is 5.75 Å². The van der Waals surface area contributed by atoms with Crippen molar-refractivity contribution in [1.29, 1.82) is 0 Å². The van der Waals surface area contributed by atoms with Gasteiger partial charge in [-0.25, -0.2) is 9.18 Å². The minimum Gasteiger partial charge on any atom is -0.489 e. The lowest BCUT2D eigenvalue weighted by atomic mass is 10.0. The van der Waals surface area contributed by atoms with E-state index in [1.54, 1.807) is 12.1 Å². The summed E-state index contributed by atoms with van der Waals surface area (Å²) in [6.07, 6.45) is 1.67. The third-order valence-electron chi connectivity index (χ3n) is 3.88. The average molecular weight is 462 g/mol. The molecule has 0 aliphatic heterocycles. The molecule has 2 aromatic rings. The third-order valence-corrected chi connectivity index (χ3v) is 7.15. The maximum absolute atomic E-state index is 13.6. The van der Waals surface area contributed by atoms with E-state index in [1.165, 1.54) is 20.1 Å². The van der Waals surface area contributed by atoms with Crippen molar-refractivity contribution >= 4 is 51.3 Å². The SMILES string of the molecule is COC(=O)/C=C/c1ccc(-c2ccccc2)c(OC(CC(C)F)[Si](Cl)(Cl)Cl)c1. The molecule has 0 radical (unpaired) electrons. The van der Waals surface area contributed by atoms with E-state index in [2.05, 4.69) is 4.74 Å². The number of esters is 1. The van der Waals surface area contributed by atoms with E-state index in [0.29, 0.717) is 11.3 Å². The molecule has 3 nitrogen and oxygen atoms in total. The highest BCUT2D eigenvalue weighted by atomic mass is 35.8. The van der Waals surface area contributed by atoms with Crippen LogP contribution in [0.15, 0.2) is 54.6 Å². The Morgan fingerprint density at radius 3 is 2.43 bits per heavy atom. The van der Waals surface area contributed by atoms with Gasteiger partial charge in [0.15, 0.2) is 0 Å². The molecular formula is C20H20Cl3FO3Si. The number of methoxy groups -OCH3 is 1. The lowest BCUT2D eigenvalue weighted by Gasteiger charge is -2.26. The second kappa shape index (κ2) is 10.3. The Hall–Kier alpha value is -1.53. The molecule has 2 atom stereocenters. The zero-order valence-electron chi connectivity index (χ0n) is 15.4. The van der Waals surface area contributed by atoms with Crippen LogP contribution < -0.4 is 4.74 Å². The van der Waals surface area contributed by atoms with E-state index in [4.69, 9.17) is 38.0 Å². The van der Waals surface area contributed by atoms with Crippen LogP contribution in [0.2, 0.25) is 0 Å². The van der Waals surface area contributed by atoms with Gasteiger partial charge < -0.3 is 9.47 Å². The number of rotatable bonds is 8. The summed E-state index contributed by atoms with van der Waals surface area (Å²) in [6, 6.07) is 11.6. The van der Waals surface area contributed by atoms with Crippen LogP contribution in [0.4, 0.5) is 4.39 Å². The first kappa shape index (κ1) is 22.8. The van der Waals surface area contributed by atoms with Gasteiger partial charge in [-0.1, -0.05) is 42.5 Å². The highest BCUT2D eigenvalue weighted by Crippen LogP contribution is 2.36. The van der Waals surface area contributed by atoms with Gasteiger partial charge in [0.1, 0.15) is 17.6 Å². The predicted octanol–water partition coefficient (Wildman–Crippen LogP) is 6.23. The first-order chi connectivity index (χ1) is 13.2. The molecule has 28 heavy (non-hydrogen) atoms. The van der Waals surface area contributed by atoms with Crippen LogP contribution in [-0.4, -0.2) is 31.0 Å². The lowest BCUT2D eigenvalue weighted by Crippen LogP contribution is -2.38. The molecule has 2 unspecified atom stereocenters. The first-order valence-electron chi connectivity index (χ1n) is 8.53. The van der Waals surface area contributed by atoms with Crippen LogP contribution in [-0.2, 0) is 9.53 Å². The normalized spacial score (nSPS) is 13.9. The summed E-state index contributed by atoms with van der Waals surface area (Å²) in [4.78, 5) is 11.4. The van der Waals surface area contributed by atoms with E-state index in [-0.39, 0.29) is 6.42 Å². The largest absolute Gasteiger partial charge is 0.489 e. The highest BCUT2D eigenvalue weighted by molar-refractivity contribution is 7.65. The second-order valence-electron chi connectivity index (χ2n) is 6.14. The molecular weight excluding hydrogens is 442 g/mol. The number of benzene rings is 2. The topological polar surface area (TPSA) is 35.5 Å². The van der Waals surface area contributed by atoms with Crippen LogP contribution in [0, 0.1) is 0 Å². The zero-order chi connectivity index (χ0) is 20.7. The number of halogens is 4. The fourth-order valence-corrected chi connectivity index (χ4v) is 4.58. The molecule has 2 aromatic carbocycles. The van der Waals surface area contributed by atoms with E-state index in [0.717, 1.165) is 11.1 Å². The molecule has 0 bridgehead atoms. The van der Waals surface area contributed by atoms with E-state index < -0.39 is 23.9 Å². The van der Waals surface area contributed by atoms with Gasteiger partial charge in [0.2, 0.25) is 0 Å². The van der Waals surface area contributed by atoms with Crippen molar-refractivity contribution in [3.63, 3.8) is 0 Å². The number of hydrogen-bond donors (Lipinski definition) is 0. The maximum Gasteiger partial charge on any atom is 0.381 e. The van der Waals surface area contributed by atoms with E-state index in [9.17, 15) is 9.18 Å². The molecule has 0 aromatic heterocycles. The number of alkyl halides is 1. The molecule has 0 saturated heterocycles. The Morgan fingerprint density at radius 2 is 1.86 bits per heavy atom. The molecule has 0 saturated carbocycles. The van der Waals surface area contributed by atoms with Crippen LogP contribution >= 0.6 is 33.2 Å². The number of hydrogen-bond acceptors (Lipinski definition) is 3. The molecule has 0 spiro atoms. The van der Waals surface area contributed by atoms with E-state index in [1.807, 2.05) is 42.5 Å². The standard InChI is InChI=1S/C20H20Cl3FO3Si/c1-14(24)12-20(28(21,22)23)27-18-13-15(9-11-19(25)26-2)8-10-17(18)16-6-4-3-5-7-16/h3-11,13-14,20H,12H2,1-2H3/b11-9+. The Kier molecular flexibility index (Phi) is 8.37. The summed E-state index contributed by atoms with van der Waals surface area (Å²) in [5.74, 6) is -0.0323. The molecule has 2 rings (SSSR count). The van der Waals surface area contributed by atoms with Crippen molar-refractivity contribution < 1.29 is 18.7 Å². The minimum absolute atomic E-state index is 0.0286. The Balaban J connectivity index is 2.46. The van der Waals surface area contributed by atoms with E-state index >= 15 is 0 Å². The average Bonchev–Trinajstić information content (AvgIpc) is 2.65. The molecule has 0 heterocycles. The van der Waals surface area contributed by atoms with Gasteiger partial charge in [0, 0.05) is 18.1 Å². The molecule has 8 heteroatoms. The smallest absolute Gasteiger partial charge is 0.381 e. The van der Waals surface area contributed by atoms with Crippen molar-refractivity contribution in [3.05, 3.63) is 60.2 Å². The van der Waals surface area contributed by atoms with Gasteiger partial charge in [-0.2, -0.15) is 0 Å². The summed E-state index contributed by atoms with van der Waals surface area (Å²) in [5.41, 5.74) is 1.51. The summed E-state index contributed by atoms with van der Waals surface area (Å²) in [7, 11) is 1.30. The maximum atomic E-state index is 13.6. The van der Waals surface area contributed by atoms with Gasteiger partial charge in [-0.15, -0.1) is 33.2 Å². The summed E-state index contributed by atoms with van der Waals surface area (Å²) in [5, 5.41) is 0. The third kappa shape index (κ3) is 6.81. The minimum atomic E-state index is -3.35. The first-order valence-corrected chi connectivity index (χ1v) is 13.6. The number of carbonyl (C=O) groups is 1. The Morgan fingerprint density at radius 1 is 1.18 bits per heavy atom. The van der Waals surface area contributed by atoms with Crippen molar-refractivity contribution in [1.82, 2.24) is 0 Å². The molecule has 0 aliphatic rings. The molecule has 0 fully saturated rings. The molecule has 0 amide bonds. The van der Waals surface area contributed by atoms with Gasteiger partial charge in [0.05, 0.1) is 7.11 Å². The zero-order valence-corrected chi connectivity index (χ0v) is 18.6. The van der Waals surface area contributed by atoms with Crippen LogP contribution in [0.3, 0.4) is 0 Å². The number of ether oxygens (including phenoxy) is 2. The summed E-state index contributed by atoms with van der Waals surface area (Å²) >= 11 is 18.5. The summed E-state index contributed by atoms with van der Waals surface area (Å²) < 4.78 is 24.3. The lowest BCUT2D eigenvalue weighted by molar-refractivity contribution is -0.134. The van der Waals surface area contributed by atoms with Crippen molar-refractivity contribution in [3.8, 4) is 16.9 Å².